The van der Waals surface area contributed by atoms with Gasteiger partial charge in [-0.15, -0.1) is 0 Å². The summed E-state index contributed by atoms with van der Waals surface area (Å²) in [7, 11) is 0. The van der Waals surface area contributed by atoms with Crippen LogP contribution in [-0.4, -0.2) is 26.3 Å². The average molecular weight is 334 g/mol. The maximum atomic E-state index is 11.0. The van der Waals surface area contributed by atoms with Gasteiger partial charge in [0, 0.05) is 16.7 Å². The van der Waals surface area contributed by atoms with E-state index in [2.05, 4.69) is 19.9 Å². The van der Waals surface area contributed by atoms with Crippen molar-refractivity contribution in [2.45, 2.75) is 0 Å². The number of nitrogens with zero attached hydrogens (tertiary/aromatic N) is 4. The molecular weight excluding hydrogens is 326 g/mol. The van der Waals surface area contributed by atoms with Crippen molar-refractivity contribution in [2.24, 2.45) is 4.99 Å². The van der Waals surface area contributed by atoms with Crippen LogP contribution in [0.2, 0.25) is 5.02 Å². The van der Waals surface area contributed by atoms with E-state index in [0.29, 0.717) is 10.6 Å². The van der Waals surface area contributed by atoms with E-state index in [1.165, 1.54) is 12.1 Å². The van der Waals surface area contributed by atoms with Crippen LogP contribution in [0.3, 0.4) is 0 Å². The van der Waals surface area contributed by atoms with Crippen LogP contribution in [0.25, 0.3) is 11.0 Å². The fourth-order valence-corrected chi connectivity index (χ4v) is 2.18. The van der Waals surface area contributed by atoms with Crippen LogP contribution in [0.4, 0.5) is 11.4 Å². The first-order chi connectivity index (χ1) is 11.1. The summed E-state index contributed by atoms with van der Waals surface area (Å²) in [5.74, 6) is 0.0886. The molecule has 0 fully saturated rings. The van der Waals surface area contributed by atoms with E-state index in [1.54, 1.807) is 24.3 Å². The van der Waals surface area contributed by atoms with Gasteiger partial charge < -0.3 is 0 Å². The number of hydrogen-bond acceptors (Lipinski definition) is 7. The van der Waals surface area contributed by atoms with Gasteiger partial charge in [-0.1, -0.05) is 23.7 Å². The first-order valence-electron chi connectivity index (χ1n) is 6.24. The Labute approximate surface area is 133 Å². The van der Waals surface area contributed by atoms with Crippen LogP contribution in [0.15, 0.2) is 46.0 Å². The molecule has 0 aliphatic rings. The largest absolute Gasteiger partial charge is 0.300 e. The molecule has 0 saturated carbocycles. The maximum Gasteiger partial charge on any atom is 0.300 e. The summed E-state index contributed by atoms with van der Waals surface area (Å²) in [6.45, 7) is 0. The molecule has 0 atom stereocenters. The molecule has 0 unspecified atom stereocenters. The first kappa shape index (κ1) is 14.9. The minimum atomic E-state index is -0.595. The van der Waals surface area contributed by atoms with Crippen LogP contribution in [0.1, 0.15) is 5.56 Å². The number of non-ortho nitro benzene ring substituents is 1. The van der Waals surface area contributed by atoms with E-state index in [-0.39, 0.29) is 28.2 Å². The van der Waals surface area contributed by atoms with Gasteiger partial charge in [-0.3, -0.25) is 20.8 Å². The molecule has 2 aromatic carbocycles. The second kappa shape index (κ2) is 5.99. The molecule has 0 aliphatic heterocycles. The Bertz CT molecular complexity index is 924. The Balaban J connectivity index is 2.14. The normalized spacial score (nSPS) is 11.7. The zero-order chi connectivity index (χ0) is 16.4. The summed E-state index contributed by atoms with van der Waals surface area (Å²) in [5.41, 5.74) is 2.55. The fraction of sp³-hybridized carbons (Fsp3) is 0. The Morgan fingerprint density at radius 2 is 2.09 bits per heavy atom. The molecule has 0 bridgehead atoms. The van der Waals surface area contributed by atoms with E-state index in [0.717, 1.165) is 0 Å². The number of rotatable bonds is 3. The van der Waals surface area contributed by atoms with Crippen molar-refractivity contribution in [1.29, 1.82) is 0 Å². The van der Waals surface area contributed by atoms with Crippen LogP contribution in [-0.2, 0) is 0 Å². The van der Waals surface area contributed by atoms with E-state index in [1.807, 2.05) is 5.48 Å². The molecule has 116 valence electrons. The molecule has 1 heterocycles. The van der Waals surface area contributed by atoms with Gasteiger partial charge in [0.05, 0.1) is 10.6 Å². The molecule has 0 amide bonds. The zero-order valence-corrected chi connectivity index (χ0v) is 12.1. The van der Waals surface area contributed by atoms with Crippen LogP contribution in [0, 0.1) is 10.1 Å². The Hall–Kier alpha value is -3.04. The number of hydrogen-bond donors (Lipinski definition) is 2. The molecule has 1 aromatic heterocycles. The van der Waals surface area contributed by atoms with Crippen LogP contribution < -0.4 is 5.48 Å². The molecule has 0 spiro atoms. The number of amidine groups is 1. The number of aliphatic imine (C=N–C) groups is 1. The van der Waals surface area contributed by atoms with Gasteiger partial charge in [-0.25, -0.2) is 9.62 Å². The topological polar surface area (TPSA) is 127 Å². The van der Waals surface area contributed by atoms with E-state index < -0.39 is 4.92 Å². The van der Waals surface area contributed by atoms with Crippen molar-refractivity contribution in [3.05, 3.63) is 57.1 Å². The highest BCUT2D eigenvalue weighted by atomic mass is 35.5. The highest BCUT2D eigenvalue weighted by Gasteiger charge is 2.19. The first-order valence-corrected chi connectivity index (χ1v) is 6.62. The molecule has 9 nitrogen and oxygen atoms in total. The molecule has 3 rings (SSSR count). The molecule has 10 heteroatoms. The Kier molecular flexibility index (Phi) is 3.87. The lowest BCUT2D eigenvalue weighted by Crippen LogP contribution is -2.19. The molecular formula is C13H8ClN5O4. The number of benzene rings is 2. The highest BCUT2D eigenvalue weighted by Crippen LogP contribution is 2.30. The summed E-state index contributed by atoms with van der Waals surface area (Å²) >= 11 is 5.91. The zero-order valence-electron chi connectivity index (χ0n) is 11.3. The van der Waals surface area contributed by atoms with E-state index in [4.69, 9.17) is 11.6 Å². The minimum absolute atomic E-state index is 0.0281. The third-order valence-electron chi connectivity index (χ3n) is 3.01. The van der Waals surface area contributed by atoms with Crippen molar-refractivity contribution >= 4 is 39.8 Å². The van der Waals surface area contributed by atoms with Crippen molar-refractivity contribution in [1.82, 2.24) is 15.8 Å². The van der Waals surface area contributed by atoms with Crippen molar-refractivity contribution in [3.8, 4) is 0 Å². The monoisotopic (exact) mass is 333 g/mol. The number of aromatic nitrogens is 2. The summed E-state index contributed by atoms with van der Waals surface area (Å²) < 4.78 is 4.56. The second-order valence-corrected chi connectivity index (χ2v) is 4.84. The fourth-order valence-electron chi connectivity index (χ4n) is 1.99. The number of hydroxylamine groups is 1. The summed E-state index contributed by atoms with van der Waals surface area (Å²) in [4.78, 5) is 14.6. The number of halogens is 1. The predicted molar refractivity (Wildman–Crippen MR) is 81.0 cm³/mol. The predicted octanol–water partition coefficient (Wildman–Crippen LogP) is 2.84. The number of nitro groups is 1. The van der Waals surface area contributed by atoms with Crippen molar-refractivity contribution < 1.29 is 14.8 Å². The highest BCUT2D eigenvalue weighted by molar-refractivity contribution is 6.31. The summed E-state index contributed by atoms with van der Waals surface area (Å²) in [6, 6.07) is 9.25. The average Bonchev–Trinajstić information content (AvgIpc) is 3.01. The molecule has 0 saturated heterocycles. The summed E-state index contributed by atoms with van der Waals surface area (Å²) in [6.07, 6.45) is 0. The van der Waals surface area contributed by atoms with Gasteiger partial charge in [0.2, 0.25) is 5.52 Å². The summed E-state index contributed by atoms with van der Waals surface area (Å²) in [5, 5.41) is 27.9. The van der Waals surface area contributed by atoms with E-state index >= 15 is 0 Å². The number of nitro benzene ring substituents is 1. The quantitative estimate of drug-likeness (QED) is 0.326. The number of nitrogens with one attached hydrogen (secondary N) is 1. The van der Waals surface area contributed by atoms with Gasteiger partial charge in [0.15, 0.2) is 11.4 Å². The SMILES string of the molecule is O=[N+]([O-])c1ccc(N=C(NO)c2cccc(Cl)c2)c2nonc12. The third kappa shape index (κ3) is 2.82. The molecule has 2 N–H and O–H groups in total. The molecule has 3 aromatic rings. The van der Waals surface area contributed by atoms with Crippen LogP contribution in [0.5, 0.6) is 0 Å². The number of fused-ring (bicyclic) bond motifs is 1. The smallest absolute Gasteiger partial charge is 0.290 e. The van der Waals surface area contributed by atoms with Gasteiger partial charge in [-0.05, 0) is 28.5 Å². The van der Waals surface area contributed by atoms with Gasteiger partial charge >= 0.3 is 5.69 Å². The Morgan fingerprint density at radius 3 is 2.78 bits per heavy atom. The lowest BCUT2D eigenvalue weighted by Gasteiger charge is -2.05. The second-order valence-electron chi connectivity index (χ2n) is 4.40. The molecule has 23 heavy (non-hydrogen) atoms. The van der Waals surface area contributed by atoms with Gasteiger partial charge in [0.1, 0.15) is 0 Å². The van der Waals surface area contributed by atoms with Crippen LogP contribution >= 0.6 is 11.6 Å². The Morgan fingerprint density at radius 1 is 1.30 bits per heavy atom. The lowest BCUT2D eigenvalue weighted by atomic mass is 10.2. The van der Waals surface area contributed by atoms with Gasteiger partial charge in [-0.2, -0.15) is 0 Å². The standard InChI is InChI=1S/C13H8ClN5O4/c14-8-3-1-2-7(6-8)13(16-20)15-9-4-5-10(19(21)22)12-11(9)17-23-18-12/h1-6,20H,(H,15,16). The minimum Gasteiger partial charge on any atom is -0.290 e. The van der Waals surface area contributed by atoms with Crippen molar-refractivity contribution in [3.63, 3.8) is 0 Å². The maximum absolute atomic E-state index is 11.0. The third-order valence-corrected chi connectivity index (χ3v) is 3.24. The molecule has 0 aliphatic carbocycles. The molecule has 0 radical (unpaired) electrons. The van der Waals surface area contributed by atoms with E-state index in [9.17, 15) is 15.3 Å². The van der Waals surface area contributed by atoms with Crippen molar-refractivity contribution in [2.75, 3.05) is 0 Å². The lowest BCUT2D eigenvalue weighted by molar-refractivity contribution is -0.383. The van der Waals surface area contributed by atoms with Gasteiger partial charge in [0.25, 0.3) is 0 Å².